The number of rotatable bonds is 5. The van der Waals surface area contributed by atoms with Crippen LogP contribution in [0.2, 0.25) is 0 Å². The van der Waals surface area contributed by atoms with Gasteiger partial charge in [0.25, 0.3) is 0 Å². The van der Waals surface area contributed by atoms with E-state index in [1.807, 2.05) is 82.3 Å². The first kappa shape index (κ1) is 28.8. The van der Waals surface area contributed by atoms with Crippen LogP contribution in [0, 0.1) is 17.9 Å². The number of nitrogens with zero attached hydrogens (tertiary/aromatic N) is 4. The number of carbonyl (C=O) groups is 1. The average molecular weight is 682 g/mol. The van der Waals surface area contributed by atoms with Crippen LogP contribution in [0.4, 0.5) is 0 Å². The van der Waals surface area contributed by atoms with E-state index in [1.54, 1.807) is 0 Å². The van der Waals surface area contributed by atoms with Gasteiger partial charge in [0, 0.05) is 43.6 Å². The van der Waals surface area contributed by atoms with E-state index in [0.29, 0.717) is 11.6 Å². The van der Waals surface area contributed by atoms with Gasteiger partial charge in [0.1, 0.15) is 5.82 Å². The summed E-state index contributed by atoms with van der Waals surface area (Å²) in [7, 11) is 0. The van der Waals surface area contributed by atoms with E-state index >= 15 is 0 Å². The van der Waals surface area contributed by atoms with E-state index in [-0.39, 0.29) is 43.5 Å². The van der Waals surface area contributed by atoms with Crippen molar-refractivity contribution in [2.45, 2.75) is 27.7 Å². The van der Waals surface area contributed by atoms with Gasteiger partial charge >= 0.3 is 0 Å². The quantitative estimate of drug-likeness (QED) is 0.122. The summed E-state index contributed by atoms with van der Waals surface area (Å²) in [5.41, 5.74) is 1.74. The molecule has 0 aliphatic rings. The zero-order chi connectivity index (χ0) is 26.4. The third kappa shape index (κ3) is 6.74. The Morgan fingerprint density at radius 2 is 1.29 bits per heavy atom. The number of aliphatic hydroxyl groups excluding tert-OH is 1. The first-order valence-corrected chi connectivity index (χ1v) is 12.2. The maximum absolute atomic E-state index is 11.0. The van der Waals surface area contributed by atoms with Gasteiger partial charge in [0.2, 0.25) is 5.82 Å². The molecular formula is C31H29IrN4O2-. The number of benzene rings is 4. The van der Waals surface area contributed by atoms with Crippen molar-refractivity contribution in [3.8, 4) is 22.8 Å². The second-order valence-corrected chi connectivity index (χ2v) is 9.29. The van der Waals surface area contributed by atoms with Crippen LogP contribution in [-0.4, -0.2) is 31.3 Å². The van der Waals surface area contributed by atoms with E-state index < -0.39 is 0 Å². The van der Waals surface area contributed by atoms with Gasteiger partial charge in [-0.25, -0.2) is 0 Å². The van der Waals surface area contributed by atoms with Crippen molar-refractivity contribution in [3.63, 3.8) is 0 Å². The number of aromatic nitrogens is 4. The number of carbonyl (C=O) groups excluding carboxylic acids is 1. The Hall–Kier alpha value is -3.80. The number of aliphatic hydroxyl groups is 1. The number of hydrogen-bond donors (Lipinski definition) is 1. The molecule has 38 heavy (non-hydrogen) atoms. The standard InChI is InChI=1S/C22H13N4.C9H16O2.Ir/c1-3-11-17-15(7-1)9-5-13-19(17)21-23-25-22(26-24-21)20-14-6-10-16-8-2-4-12-18(16)20;1-6(2)8(10)5-9(11)7(3)4;/h1-13H;5-7,10H,1-4H3;/q-1;;/b;8-5-;. The average Bonchev–Trinajstić information content (AvgIpc) is 2.92. The van der Waals surface area contributed by atoms with E-state index in [1.165, 1.54) is 6.08 Å². The van der Waals surface area contributed by atoms with Crippen molar-refractivity contribution in [1.82, 2.24) is 20.4 Å². The Labute approximate surface area is 236 Å². The third-order valence-electron chi connectivity index (χ3n) is 5.90. The number of hydrogen-bond acceptors (Lipinski definition) is 6. The molecule has 0 aliphatic carbocycles. The monoisotopic (exact) mass is 682 g/mol. The Bertz CT molecular complexity index is 1460. The van der Waals surface area contributed by atoms with E-state index in [9.17, 15) is 9.90 Å². The maximum atomic E-state index is 11.0. The molecule has 0 saturated heterocycles. The third-order valence-corrected chi connectivity index (χ3v) is 5.90. The molecule has 0 amide bonds. The van der Waals surface area contributed by atoms with E-state index in [4.69, 9.17) is 0 Å². The fourth-order valence-corrected chi connectivity index (χ4v) is 3.68. The first-order valence-electron chi connectivity index (χ1n) is 12.2. The van der Waals surface area contributed by atoms with Gasteiger partial charge < -0.3 is 5.11 Å². The summed E-state index contributed by atoms with van der Waals surface area (Å²) < 4.78 is 0. The Balaban J connectivity index is 0.000000287. The second kappa shape index (κ2) is 13.1. The van der Waals surface area contributed by atoms with Crippen molar-refractivity contribution in [3.05, 3.63) is 96.8 Å². The second-order valence-electron chi connectivity index (χ2n) is 9.29. The molecule has 5 aromatic rings. The summed E-state index contributed by atoms with van der Waals surface area (Å²) >= 11 is 0. The predicted octanol–water partition coefficient (Wildman–Crippen LogP) is 7.01. The molecular weight excluding hydrogens is 653 g/mol. The van der Waals surface area contributed by atoms with Gasteiger partial charge in [-0.3, -0.25) is 4.79 Å². The molecule has 6 nitrogen and oxygen atoms in total. The summed E-state index contributed by atoms with van der Waals surface area (Å²) in [6.45, 7) is 7.32. The Morgan fingerprint density at radius 1 is 0.737 bits per heavy atom. The summed E-state index contributed by atoms with van der Waals surface area (Å²) in [6, 6.07) is 29.4. The molecule has 1 aromatic heterocycles. The van der Waals surface area contributed by atoms with Crippen LogP contribution in [0.5, 0.6) is 0 Å². The van der Waals surface area contributed by atoms with Gasteiger partial charge in [-0.15, -0.1) is 33.8 Å². The topological polar surface area (TPSA) is 88.9 Å². The SMILES string of the molecule is CC(C)C(=O)/C=C(\O)C(C)C.[Ir].[c-]1ccc2ccccc2c1-c1nnc(-c2cccc3ccccc23)nn1. The van der Waals surface area contributed by atoms with Gasteiger partial charge in [-0.1, -0.05) is 105 Å². The van der Waals surface area contributed by atoms with Crippen molar-refractivity contribution >= 4 is 27.3 Å². The molecule has 0 saturated carbocycles. The molecule has 1 N–H and O–H groups in total. The molecule has 1 radical (unpaired) electrons. The molecule has 7 heteroatoms. The molecule has 195 valence electrons. The molecule has 4 aromatic carbocycles. The number of allylic oxidation sites excluding steroid dienone is 2. The smallest absolute Gasteiger partial charge is 0.202 e. The van der Waals surface area contributed by atoms with Crippen molar-refractivity contribution < 1.29 is 30.0 Å². The minimum atomic E-state index is -0.0316. The minimum absolute atomic E-state index is 0. The summed E-state index contributed by atoms with van der Waals surface area (Å²) in [5.74, 6) is 1.16. The van der Waals surface area contributed by atoms with E-state index in [0.717, 1.165) is 32.7 Å². The van der Waals surface area contributed by atoms with Crippen LogP contribution in [-0.2, 0) is 24.9 Å². The Morgan fingerprint density at radius 3 is 1.92 bits per heavy atom. The van der Waals surface area contributed by atoms with Gasteiger partial charge in [-0.2, -0.15) is 10.2 Å². The fraction of sp³-hybridized carbons (Fsp3) is 0.194. The van der Waals surface area contributed by atoms with Gasteiger partial charge in [0.05, 0.1) is 5.76 Å². The number of ketones is 1. The Kier molecular flexibility index (Phi) is 9.94. The normalized spacial score (nSPS) is 11.3. The summed E-state index contributed by atoms with van der Waals surface area (Å²) in [6.07, 6.45) is 1.31. The van der Waals surface area contributed by atoms with Crippen molar-refractivity contribution in [1.29, 1.82) is 0 Å². The molecule has 0 spiro atoms. The summed E-state index contributed by atoms with van der Waals surface area (Å²) in [4.78, 5) is 11.0. The largest absolute Gasteiger partial charge is 0.512 e. The van der Waals surface area contributed by atoms with Crippen LogP contribution < -0.4 is 0 Å². The molecule has 0 unspecified atom stereocenters. The molecule has 0 atom stereocenters. The van der Waals surface area contributed by atoms with Crippen LogP contribution in [0.15, 0.2) is 90.7 Å². The van der Waals surface area contributed by atoms with Crippen LogP contribution >= 0.6 is 0 Å². The van der Waals surface area contributed by atoms with Gasteiger partial charge in [-0.05, 0) is 10.8 Å². The molecule has 1 heterocycles. The van der Waals surface area contributed by atoms with Gasteiger partial charge in [0.15, 0.2) is 5.78 Å². The number of fused-ring (bicyclic) bond motifs is 2. The van der Waals surface area contributed by atoms with Crippen molar-refractivity contribution in [2.24, 2.45) is 11.8 Å². The predicted molar refractivity (Wildman–Crippen MR) is 148 cm³/mol. The van der Waals surface area contributed by atoms with Crippen LogP contribution in [0.25, 0.3) is 44.3 Å². The maximum Gasteiger partial charge on any atom is 0.202 e. The molecule has 0 bridgehead atoms. The zero-order valence-electron chi connectivity index (χ0n) is 21.7. The molecule has 0 fully saturated rings. The summed E-state index contributed by atoms with van der Waals surface area (Å²) in [5, 5.41) is 30.9. The molecule has 0 aliphatic heterocycles. The van der Waals surface area contributed by atoms with Crippen LogP contribution in [0.3, 0.4) is 0 Å². The first-order chi connectivity index (χ1) is 17.8. The van der Waals surface area contributed by atoms with Crippen LogP contribution in [0.1, 0.15) is 27.7 Å². The fourth-order valence-electron chi connectivity index (χ4n) is 3.68. The molecule has 5 rings (SSSR count). The zero-order valence-corrected chi connectivity index (χ0v) is 24.1. The van der Waals surface area contributed by atoms with Crippen molar-refractivity contribution in [2.75, 3.05) is 0 Å². The van der Waals surface area contributed by atoms with E-state index in [2.05, 4.69) is 50.7 Å². The minimum Gasteiger partial charge on any atom is -0.512 e.